The molecule has 0 aromatic carbocycles. The number of amides is 1. The molecule has 0 saturated heterocycles. The van der Waals surface area contributed by atoms with Crippen molar-refractivity contribution in [3.05, 3.63) is 24.5 Å². The number of aromatic nitrogens is 2. The summed E-state index contributed by atoms with van der Waals surface area (Å²) >= 11 is 0. The van der Waals surface area contributed by atoms with Gasteiger partial charge in [-0.3, -0.25) is 13.9 Å². The number of nitrogens with zero attached hydrogens (tertiary/aromatic N) is 2. The highest BCUT2D eigenvalue weighted by molar-refractivity contribution is 7.86. The van der Waals surface area contributed by atoms with Gasteiger partial charge in [0.2, 0.25) is 5.91 Å². The lowest BCUT2D eigenvalue weighted by molar-refractivity contribution is -0.114. The quantitative estimate of drug-likeness (QED) is 0.525. The Labute approximate surface area is 142 Å². The van der Waals surface area contributed by atoms with E-state index in [1.165, 1.54) is 6.92 Å². The van der Waals surface area contributed by atoms with Crippen LogP contribution in [0, 0.1) is 0 Å². The van der Waals surface area contributed by atoms with Gasteiger partial charge in [0.1, 0.15) is 21.4 Å². The van der Waals surface area contributed by atoms with E-state index in [4.69, 9.17) is 10.3 Å². The largest absolute Gasteiger partial charge is 0.383 e. The summed E-state index contributed by atoms with van der Waals surface area (Å²) in [6, 6.07) is 1.96. The molecule has 0 bridgehead atoms. The summed E-state index contributed by atoms with van der Waals surface area (Å²) in [4.78, 5) is 17.0. The van der Waals surface area contributed by atoms with Crippen LogP contribution in [0.2, 0.25) is 0 Å². The molecule has 11 nitrogen and oxygen atoms in total. The number of pyridine rings is 2. The minimum atomic E-state index is -4.73. The summed E-state index contributed by atoms with van der Waals surface area (Å²) in [5.41, 5.74) is 5.07. The maximum absolute atomic E-state index is 11.5. The van der Waals surface area contributed by atoms with Crippen LogP contribution in [0.3, 0.4) is 0 Å². The predicted octanol–water partition coefficient (Wildman–Crippen LogP) is 0.178. The molecule has 0 spiro atoms. The number of carbonyl (C=O) groups excluding carboxylic acids is 1. The molecule has 0 radical (unpaired) electrons. The predicted molar refractivity (Wildman–Crippen MR) is 85.8 cm³/mol. The summed E-state index contributed by atoms with van der Waals surface area (Å²) in [7, 11) is -9.46. The van der Waals surface area contributed by atoms with Crippen molar-refractivity contribution in [2.45, 2.75) is 16.7 Å². The second-order valence-corrected chi connectivity index (χ2v) is 7.58. The Morgan fingerprint density at radius 3 is 2.16 bits per heavy atom. The molecule has 0 atom stereocenters. The Balaban J connectivity index is 2.78. The summed E-state index contributed by atoms with van der Waals surface area (Å²) in [5, 5.41) is 2.31. The van der Waals surface area contributed by atoms with Crippen molar-refractivity contribution in [3.63, 3.8) is 0 Å². The third-order valence-electron chi connectivity index (χ3n) is 2.92. The van der Waals surface area contributed by atoms with Gasteiger partial charge in [-0.15, -0.1) is 0 Å². The first kappa shape index (κ1) is 18.7. The highest BCUT2D eigenvalue weighted by Gasteiger charge is 2.22. The fourth-order valence-electron chi connectivity index (χ4n) is 1.93. The normalized spacial score (nSPS) is 12.0. The maximum Gasteiger partial charge on any atom is 0.298 e. The molecule has 25 heavy (non-hydrogen) atoms. The number of hydrogen-bond acceptors (Lipinski definition) is 8. The van der Waals surface area contributed by atoms with Crippen LogP contribution in [-0.2, 0) is 25.0 Å². The van der Waals surface area contributed by atoms with E-state index in [1.807, 2.05) is 0 Å². The van der Waals surface area contributed by atoms with E-state index >= 15 is 0 Å². The first-order valence-electron chi connectivity index (χ1n) is 6.38. The molecule has 2 heterocycles. The molecule has 0 aliphatic rings. The number of nitrogens with two attached hydrogens (primary N) is 1. The van der Waals surface area contributed by atoms with Gasteiger partial charge in [0.15, 0.2) is 0 Å². The standard InChI is InChI=1S/C12H12N4O7S2/c1-6(17)16-11-3-8(10(5-14-11)25(21,22)23)7-2-9(24(18,19)20)12(13)15-4-7/h2-5H,1H3,(H2,13,15)(H,14,16,17)(H,18,19,20)(H,21,22,23). The Morgan fingerprint density at radius 1 is 1.04 bits per heavy atom. The minimum absolute atomic E-state index is 0.0554. The monoisotopic (exact) mass is 388 g/mol. The van der Waals surface area contributed by atoms with E-state index in [2.05, 4.69) is 15.3 Å². The van der Waals surface area contributed by atoms with Gasteiger partial charge in [-0.2, -0.15) is 16.8 Å². The smallest absolute Gasteiger partial charge is 0.298 e. The van der Waals surface area contributed by atoms with Crippen LogP contribution >= 0.6 is 0 Å². The zero-order chi connectivity index (χ0) is 19.0. The first-order chi connectivity index (χ1) is 11.4. The molecule has 13 heteroatoms. The summed E-state index contributed by atoms with van der Waals surface area (Å²) in [6.07, 6.45) is 1.81. The van der Waals surface area contributed by atoms with Crippen LogP contribution in [0.1, 0.15) is 6.92 Å². The van der Waals surface area contributed by atoms with E-state index in [0.717, 1.165) is 24.5 Å². The van der Waals surface area contributed by atoms with E-state index in [1.54, 1.807) is 0 Å². The number of nitrogen functional groups attached to an aromatic ring is 1. The lowest BCUT2D eigenvalue weighted by Gasteiger charge is -2.11. The van der Waals surface area contributed by atoms with Crippen LogP contribution in [0.15, 0.2) is 34.3 Å². The van der Waals surface area contributed by atoms with E-state index in [0.29, 0.717) is 0 Å². The average molecular weight is 388 g/mol. The molecular formula is C12H12N4O7S2. The van der Waals surface area contributed by atoms with Gasteiger partial charge in [-0.05, 0) is 12.1 Å². The van der Waals surface area contributed by atoms with Crippen molar-refractivity contribution in [2.75, 3.05) is 11.1 Å². The highest BCUT2D eigenvalue weighted by atomic mass is 32.2. The molecule has 0 fully saturated rings. The molecule has 2 aromatic rings. The highest BCUT2D eigenvalue weighted by Crippen LogP contribution is 2.31. The van der Waals surface area contributed by atoms with E-state index in [-0.39, 0.29) is 16.9 Å². The first-order valence-corrected chi connectivity index (χ1v) is 9.26. The fraction of sp³-hybridized carbons (Fsp3) is 0.0833. The third-order valence-corrected chi connectivity index (χ3v) is 4.68. The molecule has 5 N–H and O–H groups in total. The van der Waals surface area contributed by atoms with Gasteiger partial charge in [-0.25, -0.2) is 9.97 Å². The Morgan fingerprint density at radius 2 is 1.64 bits per heavy atom. The van der Waals surface area contributed by atoms with Crippen molar-refractivity contribution in [1.82, 2.24) is 9.97 Å². The molecule has 0 aliphatic heterocycles. The van der Waals surface area contributed by atoms with Crippen molar-refractivity contribution in [1.29, 1.82) is 0 Å². The number of rotatable bonds is 4. The van der Waals surface area contributed by atoms with Gasteiger partial charge in [-0.1, -0.05) is 0 Å². The molecule has 0 aliphatic carbocycles. The molecular weight excluding hydrogens is 376 g/mol. The second kappa shape index (κ2) is 6.36. The molecule has 134 valence electrons. The van der Waals surface area contributed by atoms with Crippen LogP contribution in [0.4, 0.5) is 11.6 Å². The Hall–Kier alpha value is -2.61. The van der Waals surface area contributed by atoms with Crippen LogP contribution in [-0.4, -0.2) is 41.8 Å². The van der Waals surface area contributed by atoms with Crippen molar-refractivity contribution in [3.8, 4) is 11.1 Å². The number of anilines is 2. The molecule has 0 saturated carbocycles. The van der Waals surface area contributed by atoms with Gasteiger partial charge in [0.25, 0.3) is 20.2 Å². The molecule has 2 rings (SSSR count). The second-order valence-electron chi connectivity index (χ2n) is 4.80. The van der Waals surface area contributed by atoms with Gasteiger partial charge in [0, 0.05) is 24.2 Å². The zero-order valence-corrected chi connectivity index (χ0v) is 14.2. The van der Waals surface area contributed by atoms with E-state index in [9.17, 15) is 26.2 Å². The van der Waals surface area contributed by atoms with Crippen LogP contribution in [0.5, 0.6) is 0 Å². The lowest BCUT2D eigenvalue weighted by atomic mass is 10.1. The molecule has 2 aromatic heterocycles. The Bertz CT molecular complexity index is 1060. The minimum Gasteiger partial charge on any atom is -0.383 e. The zero-order valence-electron chi connectivity index (χ0n) is 12.5. The van der Waals surface area contributed by atoms with Gasteiger partial charge < -0.3 is 11.1 Å². The summed E-state index contributed by atoms with van der Waals surface area (Å²) in [6.45, 7) is 1.19. The summed E-state index contributed by atoms with van der Waals surface area (Å²) in [5.74, 6) is -1.05. The Kier molecular flexibility index (Phi) is 4.76. The van der Waals surface area contributed by atoms with Crippen LogP contribution in [0.25, 0.3) is 11.1 Å². The van der Waals surface area contributed by atoms with Gasteiger partial charge >= 0.3 is 0 Å². The van der Waals surface area contributed by atoms with Gasteiger partial charge in [0.05, 0.1) is 6.20 Å². The average Bonchev–Trinajstić information content (AvgIpc) is 2.44. The number of nitrogens with one attached hydrogen (secondary N) is 1. The summed E-state index contributed by atoms with van der Waals surface area (Å²) < 4.78 is 64.2. The number of carbonyl (C=O) groups is 1. The number of hydrogen-bond donors (Lipinski definition) is 4. The van der Waals surface area contributed by atoms with Crippen molar-refractivity contribution < 1.29 is 30.7 Å². The van der Waals surface area contributed by atoms with Crippen molar-refractivity contribution in [2.24, 2.45) is 0 Å². The molecule has 0 unspecified atom stereocenters. The van der Waals surface area contributed by atoms with E-state index < -0.39 is 41.8 Å². The topological polar surface area (TPSA) is 190 Å². The molecule has 1 amide bonds. The maximum atomic E-state index is 11.5. The van der Waals surface area contributed by atoms with Crippen molar-refractivity contribution >= 4 is 37.8 Å². The van der Waals surface area contributed by atoms with Crippen LogP contribution < -0.4 is 11.1 Å². The lowest BCUT2D eigenvalue weighted by Crippen LogP contribution is -2.10. The fourth-order valence-corrected chi connectivity index (χ4v) is 3.17. The third kappa shape index (κ3) is 4.27. The SMILES string of the molecule is CC(=O)Nc1cc(-c2cnc(N)c(S(=O)(=O)O)c2)c(S(=O)(=O)O)cn1.